The van der Waals surface area contributed by atoms with Gasteiger partial charge in [0, 0.05) is 0 Å². The van der Waals surface area contributed by atoms with Gasteiger partial charge in [0.1, 0.15) is 12.4 Å². The number of hydrogen-bond donors (Lipinski definition) is 0. The number of rotatable bonds is 5. The summed E-state index contributed by atoms with van der Waals surface area (Å²) in [6.07, 6.45) is 5.11. The molecule has 6 nitrogen and oxygen atoms in total. The molecule has 1 aliphatic heterocycles. The van der Waals surface area contributed by atoms with Gasteiger partial charge < -0.3 is 9.47 Å². The van der Waals surface area contributed by atoms with Crippen molar-refractivity contribution in [1.82, 2.24) is 0 Å². The van der Waals surface area contributed by atoms with Gasteiger partial charge in [0.15, 0.2) is 0 Å². The van der Waals surface area contributed by atoms with E-state index in [1.165, 1.54) is 12.0 Å². The van der Waals surface area contributed by atoms with Gasteiger partial charge in [-0.2, -0.15) is 0 Å². The van der Waals surface area contributed by atoms with Crippen molar-refractivity contribution in [2.75, 3.05) is 12.0 Å². The Bertz CT molecular complexity index is 1010. The molecule has 0 spiro atoms. The second-order valence-corrected chi connectivity index (χ2v) is 7.98. The summed E-state index contributed by atoms with van der Waals surface area (Å²) in [7, 11) is 1.35. The Labute approximate surface area is 174 Å². The first-order chi connectivity index (χ1) is 14.6. The van der Waals surface area contributed by atoms with E-state index in [0.29, 0.717) is 23.6 Å². The summed E-state index contributed by atoms with van der Waals surface area (Å²) in [6.45, 7) is 0.335. The van der Waals surface area contributed by atoms with Gasteiger partial charge in [-0.3, -0.25) is 14.5 Å². The Morgan fingerprint density at radius 3 is 2.10 bits per heavy atom. The number of allylic oxidation sites excluding steroid dienone is 2. The van der Waals surface area contributed by atoms with Crippen molar-refractivity contribution in [2.45, 2.75) is 13.0 Å². The zero-order valence-corrected chi connectivity index (χ0v) is 16.5. The Morgan fingerprint density at radius 2 is 1.53 bits per heavy atom. The molecule has 6 heteroatoms. The largest absolute Gasteiger partial charge is 0.489 e. The van der Waals surface area contributed by atoms with Gasteiger partial charge in [0.05, 0.1) is 30.2 Å². The average Bonchev–Trinajstić information content (AvgIpc) is 3.46. The number of esters is 1. The highest BCUT2D eigenvalue weighted by molar-refractivity contribution is 6.22. The zero-order chi connectivity index (χ0) is 20.8. The van der Waals surface area contributed by atoms with Crippen molar-refractivity contribution < 1.29 is 23.9 Å². The van der Waals surface area contributed by atoms with E-state index >= 15 is 0 Å². The van der Waals surface area contributed by atoms with E-state index < -0.39 is 0 Å². The summed E-state index contributed by atoms with van der Waals surface area (Å²) < 4.78 is 10.5. The molecule has 0 unspecified atom stereocenters. The normalized spacial score (nSPS) is 26.2. The molecule has 1 saturated carbocycles. The summed E-state index contributed by atoms with van der Waals surface area (Å²) in [5, 5.41) is 0. The lowest BCUT2D eigenvalue weighted by atomic mass is 9.85. The summed E-state index contributed by atoms with van der Waals surface area (Å²) in [6, 6.07) is 14.0. The maximum absolute atomic E-state index is 12.9. The third-order valence-corrected chi connectivity index (χ3v) is 6.35. The molecule has 2 bridgehead atoms. The SMILES string of the molecule is COC(=O)c1ccc(COc2ccc(N3C(=O)[C@@H]4[C@@H](C3=O)[C@H]3C=C[C@H]4C3)cc2)cc1. The zero-order valence-electron chi connectivity index (χ0n) is 16.5. The van der Waals surface area contributed by atoms with Crippen molar-refractivity contribution in [3.63, 3.8) is 0 Å². The molecule has 2 aromatic rings. The van der Waals surface area contributed by atoms with Gasteiger partial charge in [-0.25, -0.2) is 4.79 Å². The van der Waals surface area contributed by atoms with Crippen LogP contribution in [-0.2, 0) is 20.9 Å². The molecule has 0 radical (unpaired) electrons. The van der Waals surface area contributed by atoms with Crippen LogP contribution < -0.4 is 9.64 Å². The number of methoxy groups -OCH3 is 1. The summed E-state index contributed by atoms with van der Waals surface area (Å²) >= 11 is 0. The molecule has 2 amide bonds. The van der Waals surface area contributed by atoms with Crippen LogP contribution in [0.5, 0.6) is 5.75 Å². The van der Waals surface area contributed by atoms with Gasteiger partial charge in [-0.15, -0.1) is 0 Å². The third-order valence-electron chi connectivity index (χ3n) is 6.35. The minimum atomic E-state index is -0.378. The van der Waals surface area contributed by atoms with E-state index in [9.17, 15) is 14.4 Å². The molecule has 30 heavy (non-hydrogen) atoms. The third kappa shape index (κ3) is 2.91. The minimum absolute atomic E-state index is 0.0822. The second-order valence-electron chi connectivity index (χ2n) is 7.98. The van der Waals surface area contributed by atoms with Crippen LogP contribution in [0.2, 0.25) is 0 Å². The Kier molecular flexibility index (Phi) is 4.42. The molecular formula is C24H21NO5. The number of ether oxygens (including phenoxy) is 2. The van der Waals surface area contributed by atoms with E-state index in [1.807, 2.05) is 12.1 Å². The smallest absolute Gasteiger partial charge is 0.337 e. The Balaban J connectivity index is 1.25. The second kappa shape index (κ2) is 7.13. The van der Waals surface area contributed by atoms with Gasteiger partial charge >= 0.3 is 5.97 Å². The quantitative estimate of drug-likeness (QED) is 0.435. The number of carbonyl (C=O) groups is 3. The van der Waals surface area contributed by atoms with Gasteiger partial charge in [0.2, 0.25) is 11.8 Å². The summed E-state index contributed by atoms with van der Waals surface area (Å²) in [4.78, 5) is 38.6. The highest BCUT2D eigenvalue weighted by Gasteiger charge is 2.59. The summed E-state index contributed by atoms with van der Waals surface area (Å²) in [5.41, 5.74) is 1.99. The van der Waals surface area contributed by atoms with Crippen LogP contribution in [0.3, 0.4) is 0 Å². The number of anilines is 1. The highest BCUT2D eigenvalue weighted by Crippen LogP contribution is 2.53. The first kappa shape index (κ1) is 18.6. The van der Waals surface area contributed by atoms with Crippen LogP contribution >= 0.6 is 0 Å². The molecule has 4 atom stereocenters. The Hall–Kier alpha value is -3.41. The molecule has 2 aromatic carbocycles. The number of hydrogen-bond acceptors (Lipinski definition) is 5. The number of benzene rings is 2. The molecule has 0 N–H and O–H groups in total. The molecule has 5 rings (SSSR count). The van der Waals surface area contributed by atoms with Crippen LogP contribution in [0.15, 0.2) is 60.7 Å². The van der Waals surface area contributed by atoms with Crippen molar-refractivity contribution in [2.24, 2.45) is 23.7 Å². The average molecular weight is 403 g/mol. The van der Waals surface area contributed by atoms with Crippen molar-refractivity contribution >= 4 is 23.5 Å². The van der Waals surface area contributed by atoms with Crippen LogP contribution in [-0.4, -0.2) is 24.9 Å². The Morgan fingerprint density at radius 1 is 0.933 bits per heavy atom. The first-order valence-corrected chi connectivity index (χ1v) is 10.0. The molecule has 2 fully saturated rings. The fourth-order valence-electron chi connectivity index (χ4n) is 4.87. The maximum atomic E-state index is 12.9. The van der Waals surface area contributed by atoms with Crippen LogP contribution in [0.25, 0.3) is 0 Å². The van der Waals surface area contributed by atoms with Crippen molar-refractivity contribution in [3.8, 4) is 5.75 Å². The fraction of sp³-hybridized carbons (Fsp3) is 0.292. The maximum Gasteiger partial charge on any atom is 0.337 e. The molecule has 2 aliphatic carbocycles. The van der Waals surface area contributed by atoms with E-state index in [-0.39, 0.29) is 41.5 Å². The minimum Gasteiger partial charge on any atom is -0.489 e. The first-order valence-electron chi connectivity index (χ1n) is 10.0. The fourth-order valence-corrected chi connectivity index (χ4v) is 4.87. The number of imide groups is 1. The van der Waals surface area contributed by atoms with E-state index in [1.54, 1.807) is 36.4 Å². The van der Waals surface area contributed by atoms with Crippen molar-refractivity contribution in [3.05, 3.63) is 71.8 Å². The topological polar surface area (TPSA) is 72.9 Å². The molecule has 3 aliphatic rings. The molecule has 0 aromatic heterocycles. The van der Waals surface area contributed by atoms with Crippen LogP contribution in [0.1, 0.15) is 22.3 Å². The predicted octanol–water partition coefficient (Wildman–Crippen LogP) is 3.36. The lowest BCUT2D eigenvalue weighted by Gasteiger charge is -2.17. The van der Waals surface area contributed by atoms with Crippen LogP contribution in [0, 0.1) is 23.7 Å². The number of carbonyl (C=O) groups excluding carboxylic acids is 3. The summed E-state index contributed by atoms with van der Waals surface area (Å²) in [5.74, 6) is 0.105. The lowest BCUT2D eigenvalue weighted by molar-refractivity contribution is -0.123. The van der Waals surface area contributed by atoms with Crippen molar-refractivity contribution in [1.29, 1.82) is 0 Å². The van der Waals surface area contributed by atoms with E-state index in [4.69, 9.17) is 4.74 Å². The van der Waals surface area contributed by atoms with Gasteiger partial charge in [0.25, 0.3) is 0 Å². The van der Waals surface area contributed by atoms with E-state index in [0.717, 1.165) is 12.0 Å². The number of fused-ring (bicyclic) bond motifs is 5. The molecule has 1 saturated heterocycles. The lowest BCUT2D eigenvalue weighted by Crippen LogP contribution is -2.32. The van der Waals surface area contributed by atoms with E-state index in [2.05, 4.69) is 16.9 Å². The number of nitrogens with zero attached hydrogens (tertiary/aromatic N) is 1. The molecular weight excluding hydrogens is 382 g/mol. The van der Waals surface area contributed by atoms with Gasteiger partial charge in [-0.05, 0) is 60.2 Å². The number of amides is 2. The monoisotopic (exact) mass is 403 g/mol. The highest BCUT2D eigenvalue weighted by atomic mass is 16.5. The van der Waals surface area contributed by atoms with Gasteiger partial charge in [-0.1, -0.05) is 24.3 Å². The van der Waals surface area contributed by atoms with Crippen LogP contribution in [0.4, 0.5) is 5.69 Å². The predicted molar refractivity (Wildman–Crippen MR) is 109 cm³/mol. The molecule has 1 heterocycles. The molecule has 152 valence electrons. The standard InChI is InChI=1S/C24H21NO5/c1-29-24(28)15-4-2-14(3-5-15)13-30-19-10-8-18(9-11-19)25-22(26)20-16-6-7-17(12-16)21(20)23(25)27/h2-11,16-17,20-21H,12-13H2,1H3/t16-,17-,20-,21-/m0/s1.